The molecule has 0 aliphatic rings. The molecule has 0 heterocycles. The van der Waals surface area contributed by atoms with Gasteiger partial charge in [-0.2, -0.15) is 0 Å². The molecular weight excluding hydrogens is 440 g/mol. The van der Waals surface area contributed by atoms with Crippen molar-refractivity contribution in [3.63, 3.8) is 0 Å². The van der Waals surface area contributed by atoms with Crippen LogP contribution in [0.3, 0.4) is 0 Å². The van der Waals surface area contributed by atoms with Gasteiger partial charge in [-0.25, -0.2) is 0 Å². The number of non-ortho nitro benzene ring substituents is 1. The molecule has 7 nitrogen and oxygen atoms in total. The Morgan fingerprint density at radius 2 is 1.90 bits per heavy atom. The molecule has 0 atom stereocenters. The Morgan fingerprint density at radius 3 is 2.52 bits per heavy atom. The van der Waals surface area contributed by atoms with Crippen LogP contribution in [0.1, 0.15) is 31.4 Å². The topological polar surface area (TPSA) is 82.9 Å². The number of nitrogens with zero attached hydrogens (tertiary/aromatic N) is 1. The smallest absolute Gasteiger partial charge is 0.269 e. The van der Waals surface area contributed by atoms with Crippen molar-refractivity contribution in [2.45, 2.75) is 39.5 Å². The first kappa shape index (κ1) is 23.1. The van der Waals surface area contributed by atoms with Gasteiger partial charge in [-0.15, -0.1) is 0 Å². The van der Waals surface area contributed by atoms with Crippen LogP contribution in [0.25, 0.3) is 0 Å². The van der Waals surface area contributed by atoms with Crippen molar-refractivity contribution in [1.82, 2.24) is 5.32 Å². The average Bonchev–Trinajstić information content (AvgIpc) is 2.70. The van der Waals surface area contributed by atoms with Crippen molar-refractivity contribution in [2.24, 2.45) is 0 Å². The van der Waals surface area contributed by atoms with Gasteiger partial charge in [0.05, 0.1) is 18.1 Å². The molecule has 2 aromatic carbocycles. The van der Waals surface area contributed by atoms with Crippen LogP contribution in [0.15, 0.2) is 40.9 Å². The van der Waals surface area contributed by atoms with Crippen molar-refractivity contribution >= 4 is 21.6 Å². The van der Waals surface area contributed by atoms with E-state index in [-0.39, 0.29) is 18.4 Å². The average molecular weight is 467 g/mol. The Bertz CT molecular complexity index is 796. The van der Waals surface area contributed by atoms with Crippen LogP contribution in [0.5, 0.6) is 11.5 Å². The quantitative estimate of drug-likeness (QED) is 0.273. The fourth-order valence-electron chi connectivity index (χ4n) is 2.66. The second-order valence-electron chi connectivity index (χ2n) is 6.72. The number of benzene rings is 2. The molecule has 0 saturated carbocycles. The first-order valence-electron chi connectivity index (χ1n) is 9.46. The second-order valence-corrected chi connectivity index (χ2v) is 7.57. The maximum atomic E-state index is 10.8. The summed E-state index contributed by atoms with van der Waals surface area (Å²) < 4.78 is 18.0. The zero-order valence-corrected chi connectivity index (χ0v) is 18.5. The third kappa shape index (κ3) is 7.30. The van der Waals surface area contributed by atoms with Gasteiger partial charge in [-0.3, -0.25) is 10.1 Å². The van der Waals surface area contributed by atoms with Crippen LogP contribution < -0.4 is 14.8 Å². The number of nitro benzene ring substituents is 1. The van der Waals surface area contributed by atoms with Crippen molar-refractivity contribution in [1.29, 1.82) is 0 Å². The molecule has 1 N–H and O–H groups in total. The zero-order valence-electron chi connectivity index (χ0n) is 16.9. The highest BCUT2D eigenvalue weighted by Crippen LogP contribution is 2.36. The van der Waals surface area contributed by atoms with Gasteiger partial charge < -0.3 is 19.5 Å². The lowest BCUT2D eigenvalue weighted by Gasteiger charge is -2.17. The summed E-state index contributed by atoms with van der Waals surface area (Å²) in [6.45, 7) is 6.46. The normalized spacial score (nSPS) is 10.9. The van der Waals surface area contributed by atoms with E-state index in [0.717, 1.165) is 28.6 Å². The molecule has 0 bridgehead atoms. The van der Waals surface area contributed by atoms with E-state index >= 15 is 0 Å². The van der Waals surface area contributed by atoms with Crippen molar-refractivity contribution < 1.29 is 19.1 Å². The second kappa shape index (κ2) is 11.7. The molecule has 0 aliphatic carbocycles. The predicted molar refractivity (Wildman–Crippen MR) is 116 cm³/mol. The number of nitro groups is 1. The van der Waals surface area contributed by atoms with Gasteiger partial charge in [-0.1, -0.05) is 15.9 Å². The minimum Gasteiger partial charge on any atom is -0.493 e. The van der Waals surface area contributed by atoms with Gasteiger partial charge in [0.15, 0.2) is 11.5 Å². The molecule has 8 heteroatoms. The van der Waals surface area contributed by atoms with E-state index in [0.29, 0.717) is 24.7 Å². The van der Waals surface area contributed by atoms with E-state index < -0.39 is 4.92 Å². The first-order valence-corrected chi connectivity index (χ1v) is 10.3. The van der Waals surface area contributed by atoms with Crippen molar-refractivity contribution in [3.05, 3.63) is 62.1 Å². The molecule has 158 valence electrons. The summed E-state index contributed by atoms with van der Waals surface area (Å²) in [5.41, 5.74) is 1.85. The number of hydrogen-bond acceptors (Lipinski definition) is 6. The Morgan fingerprint density at radius 1 is 1.17 bits per heavy atom. The summed E-state index contributed by atoms with van der Waals surface area (Å²) in [5.74, 6) is 1.28. The van der Waals surface area contributed by atoms with Crippen LogP contribution in [0.2, 0.25) is 0 Å². The van der Waals surface area contributed by atoms with E-state index in [1.54, 1.807) is 19.2 Å². The summed E-state index contributed by atoms with van der Waals surface area (Å²) in [4.78, 5) is 10.4. The Hall–Kier alpha value is -2.16. The molecule has 0 spiro atoms. The minimum absolute atomic E-state index is 0.0557. The van der Waals surface area contributed by atoms with Crippen LogP contribution in [0, 0.1) is 10.1 Å². The van der Waals surface area contributed by atoms with Crippen LogP contribution >= 0.6 is 15.9 Å². The molecule has 2 rings (SSSR count). The Balaban J connectivity index is 2.03. The lowest BCUT2D eigenvalue weighted by Crippen LogP contribution is -2.18. The zero-order chi connectivity index (χ0) is 21.2. The molecule has 0 amide bonds. The minimum atomic E-state index is -0.419. The fourth-order valence-corrected chi connectivity index (χ4v) is 3.12. The molecule has 0 fully saturated rings. The van der Waals surface area contributed by atoms with E-state index in [1.807, 2.05) is 26.0 Å². The summed E-state index contributed by atoms with van der Waals surface area (Å²) >= 11 is 3.59. The summed E-state index contributed by atoms with van der Waals surface area (Å²) in [6.07, 6.45) is 1.15. The first-order chi connectivity index (χ1) is 13.9. The summed E-state index contributed by atoms with van der Waals surface area (Å²) in [5, 5.41) is 14.2. The molecule has 0 unspecified atom stereocenters. The summed E-state index contributed by atoms with van der Waals surface area (Å²) in [6, 6.07) is 10.1. The third-order valence-electron chi connectivity index (χ3n) is 4.17. The third-order valence-corrected chi connectivity index (χ3v) is 4.91. The van der Waals surface area contributed by atoms with Crippen molar-refractivity contribution in [3.8, 4) is 11.5 Å². The summed E-state index contributed by atoms with van der Waals surface area (Å²) in [7, 11) is 1.60. The number of ether oxygens (including phenoxy) is 3. The SMILES string of the molecule is COc1ccc(Br)c(CNCCCOC(C)C)c1OCc1ccc([N+](=O)[O-])cc1. The standard InChI is InChI=1S/C21H27BrN2O5/c1-15(2)28-12-4-11-23-13-18-19(22)9-10-20(27-3)21(18)29-14-16-5-7-17(8-6-16)24(25)26/h5-10,15,23H,4,11-14H2,1-3H3. The monoisotopic (exact) mass is 466 g/mol. The van der Waals surface area contributed by atoms with Gasteiger partial charge in [0.25, 0.3) is 5.69 Å². The Kier molecular flexibility index (Phi) is 9.37. The predicted octanol–water partition coefficient (Wildman–Crippen LogP) is 4.85. The lowest BCUT2D eigenvalue weighted by molar-refractivity contribution is -0.384. The number of hydrogen-bond donors (Lipinski definition) is 1. The van der Waals surface area contributed by atoms with Crippen LogP contribution in [-0.4, -0.2) is 31.3 Å². The van der Waals surface area contributed by atoms with E-state index in [4.69, 9.17) is 14.2 Å². The molecule has 0 saturated heterocycles. The van der Waals surface area contributed by atoms with E-state index in [2.05, 4.69) is 21.2 Å². The van der Waals surface area contributed by atoms with Crippen LogP contribution in [0.4, 0.5) is 5.69 Å². The fraction of sp³-hybridized carbons (Fsp3) is 0.429. The number of nitrogens with one attached hydrogen (secondary N) is 1. The maximum absolute atomic E-state index is 10.8. The highest BCUT2D eigenvalue weighted by Gasteiger charge is 2.15. The molecule has 29 heavy (non-hydrogen) atoms. The van der Waals surface area contributed by atoms with E-state index in [9.17, 15) is 10.1 Å². The van der Waals surface area contributed by atoms with Crippen LogP contribution in [-0.2, 0) is 17.9 Å². The Labute approximate surface area is 179 Å². The number of halogens is 1. The van der Waals surface area contributed by atoms with Crippen molar-refractivity contribution in [2.75, 3.05) is 20.3 Å². The van der Waals surface area contributed by atoms with E-state index in [1.165, 1.54) is 12.1 Å². The number of methoxy groups -OCH3 is 1. The molecular formula is C21H27BrN2O5. The molecule has 0 aliphatic heterocycles. The molecule has 0 radical (unpaired) electrons. The highest BCUT2D eigenvalue weighted by molar-refractivity contribution is 9.10. The van der Waals surface area contributed by atoms with Gasteiger partial charge in [-0.05, 0) is 56.6 Å². The maximum Gasteiger partial charge on any atom is 0.269 e. The number of rotatable bonds is 12. The van der Waals surface area contributed by atoms with Gasteiger partial charge in [0, 0.05) is 35.3 Å². The van der Waals surface area contributed by atoms with Gasteiger partial charge >= 0.3 is 0 Å². The lowest BCUT2D eigenvalue weighted by atomic mass is 10.1. The molecule has 2 aromatic rings. The highest BCUT2D eigenvalue weighted by atomic mass is 79.9. The molecule has 0 aromatic heterocycles. The van der Waals surface area contributed by atoms with Gasteiger partial charge in [0.2, 0.25) is 0 Å². The largest absolute Gasteiger partial charge is 0.493 e. The van der Waals surface area contributed by atoms with Gasteiger partial charge in [0.1, 0.15) is 6.61 Å².